The van der Waals surface area contributed by atoms with Crippen molar-refractivity contribution in [2.24, 2.45) is 0 Å². The summed E-state index contributed by atoms with van der Waals surface area (Å²) in [5, 5.41) is 3.16. The lowest BCUT2D eigenvalue weighted by Gasteiger charge is -2.10. The smallest absolute Gasteiger partial charge is 0.323 e. The summed E-state index contributed by atoms with van der Waals surface area (Å²) in [6, 6.07) is 10.9. The van der Waals surface area contributed by atoms with E-state index in [4.69, 9.17) is 4.74 Å². The molecule has 1 unspecified atom stereocenters. The second-order valence-electron chi connectivity index (χ2n) is 6.24. The largest absolute Gasteiger partial charge is 0.494 e. The van der Waals surface area contributed by atoms with Crippen LogP contribution in [0.5, 0.6) is 5.75 Å². The van der Waals surface area contributed by atoms with Crippen LogP contribution in [0.3, 0.4) is 0 Å². The van der Waals surface area contributed by atoms with Gasteiger partial charge in [-0.15, -0.1) is 0 Å². The molecule has 0 aliphatic carbocycles. The number of ether oxygens (including phenoxy) is 1. The van der Waals surface area contributed by atoms with Gasteiger partial charge in [0.05, 0.1) is 33.9 Å². The second kappa shape index (κ2) is 7.43. The Kier molecular flexibility index (Phi) is 4.82. The fraction of sp³-hybridized carbons (Fsp3) is 0.211. The lowest BCUT2D eigenvalue weighted by Crippen LogP contribution is -2.22. The average Bonchev–Trinajstić information content (AvgIpc) is 3.22. The number of fused-ring (bicyclic) bond motifs is 2. The number of rotatable bonds is 6. The van der Waals surface area contributed by atoms with Crippen LogP contribution in [0.15, 0.2) is 46.3 Å². The zero-order chi connectivity index (χ0) is 19.7. The van der Waals surface area contributed by atoms with E-state index in [1.54, 1.807) is 18.2 Å². The number of aromatic nitrogens is 4. The highest BCUT2D eigenvalue weighted by molar-refractivity contribution is 8.00. The minimum atomic E-state index is -0.368. The Balaban J connectivity index is 1.45. The van der Waals surface area contributed by atoms with E-state index in [2.05, 4.69) is 25.3 Å². The molecule has 28 heavy (non-hydrogen) atoms. The molecule has 2 heterocycles. The van der Waals surface area contributed by atoms with Gasteiger partial charge in [-0.05, 0) is 44.2 Å². The van der Waals surface area contributed by atoms with Crippen molar-refractivity contribution in [2.75, 3.05) is 11.9 Å². The highest BCUT2D eigenvalue weighted by Crippen LogP contribution is 2.26. The number of nitrogens with zero attached hydrogens (tertiary/aromatic N) is 1. The summed E-state index contributed by atoms with van der Waals surface area (Å²) in [6.45, 7) is 4.35. The first-order valence-corrected chi connectivity index (χ1v) is 9.72. The van der Waals surface area contributed by atoms with Gasteiger partial charge in [0.25, 0.3) is 0 Å². The van der Waals surface area contributed by atoms with Crippen molar-refractivity contribution in [3.05, 3.63) is 46.9 Å². The number of nitrogens with one attached hydrogen (secondary N) is 4. The van der Waals surface area contributed by atoms with Gasteiger partial charge in [0, 0.05) is 11.8 Å². The molecule has 0 saturated heterocycles. The van der Waals surface area contributed by atoms with Crippen LogP contribution in [-0.2, 0) is 4.79 Å². The molecule has 4 aromatic rings. The number of imidazole rings is 2. The molecule has 9 heteroatoms. The lowest BCUT2D eigenvalue weighted by atomic mass is 10.2. The van der Waals surface area contributed by atoms with Gasteiger partial charge in [-0.25, -0.2) is 9.78 Å². The molecule has 144 valence electrons. The summed E-state index contributed by atoms with van der Waals surface area (Å²) < 4.78 is 5.50. The molecule has 1 atom stereocenters. The van der Waals surface area contributed by atoms with Crippen LogP contribution in [0.1, 0.15) is 13.8 Å². The number of carbonyl (C=O) groups excluding carboxylic acids is 1. The van der Waals surface area contributed by atoms with Gasteiger partial charge in [-0.3, -0.25) is 4.79 Å². The number of aromatic amines is 3. The topological polar surface area (TPSA) is 116 Å². The minimum Gasteiger partial charge on any atom is -0.494 e. The van der Waals surface area contributed by atoms with E-state index in [1.165, 1.54) is 11.8 Å². The monoisotopic (exact) mass is 397 g/mol. The summed E-state index contributed by atoms with van der Waals surface area (Å²) >= 11 is 1.34. The summed E-state index contributed by atoms with van der Waals surface area (Å²) in [4.78, 5) is 37.0. The molecule has 0 spiro atoms. The number of benzene rings is 2. The predicted octanol–water partition coefficient (Wildman–Crippen LogP) is 3.25. The SMILES string of the molecule is CCOc1ccc2nc(SC(C)C(=O)Nc3ccc4[nH]c(=O)[nH]c4c3)[nH]c2c1. The zero-order valence-corrected chi connectivity index (χ0v) is 16.1. The first-order chi connectivity index (χ1) is 13.5. The van der Waals surface area contributed by atoms with Gasteiger partial charge in [-0.1, -0.05) is 11.8 Å². The lowest BCUT2D eigenvalue weighted by molar-refractivity contribution is -0.115. The van der Waals surface area contributed by atoms with Crippen LogP contribution in [0, 0.1) is 0 Å². The zero-order valence-electron chi connectivity index (χ0n) is 15.3. The molecule has 2 aromatic carbocycles. The highest BCUT2D eigenvalue weighted by Gasteiger charge is 2.17. The standard InChI is InChI=1S/C19H19N5O3S/c1-3-27-12-5-7-14-16(9-12)24-19(23-14)28-10(2)17(25)20-11-4-6-13-15(8-11)22-18(26)21-13/h4-10H,3H2,1-2H3,(H,20,25)(H,23,24)(H2,21,22,26). The number of hydrogen-bond donors (Lipinski definition) is 4. The molecule has 0 bridgehead atoms. The molecule has 0 aliphatic rings. The number of thioether (sulfide) groups is 1. The van der Waals surface area contributed by atoms with Crippen molar-refractivity contribution in [2.45, 2.75) is 24.3 Å². The molecule has 1 amide bonds. The van der Waals surface area contributed by atoms with E-state index in [1.807, 2.05) is 32.0 Å². The Bertz CT molecular complexity index is 1210. The number of H-pyrrole nitrogens is 3. The third-order valence-corrected chi connectivity index (χ3v) is 5.17. The number of anilines is 1. The maximum Gasteiger partial charge on any atom is 0.323 e. The van der Waals surface area contributed by atoms with Crippen molar-refractivity contribution in [1.82, 2.24) is 19.9 Å². The van der Waals surface area contributed by atoms with Crippen LogP contribution in [0.25, 0.3) is 22.1 Å². The van der Waals surface area contributed by atoms with Crippen molar-refractivity contribution >= 4 is 45.4 Å². The Morgan fingerprint density at radius 2 is 1.96 bits per heavy atom. The van der Waals surface area contributed by atoms with Crippen molar-refractivity contribution < 1.29 is 9.53 Å². The van der Waals surface area contributed by atoms with Crippen molar-refractivity contribution in [1.29, 1.82) is 0 Å². The van der Waals surface area contributed by atoms with Gasteiger partial charge in [0.1, 0.15) is 5.75 Å². The average molecular weight is 397 g/mol. The molecule has 4 rings (SSSR count). The maximum atomic E-state index is 12.5. The summed E-state index contributed by atoms with van der Waals surface area (Å²) in [7, 11) is 0. The summed E-state index contributed by atoms with van der Waals surface area (Å²) in [5.74, 6) is 0.622. The van der Waals surface area contributed by atoms with Crippen LogP contribution < -0.4 is 15.7 Å². The quantitative estimate of drug-likeness (QED) is 0.373. The predicted molar refractivity (Wildman–Crippen MR) is 110 cm³/mol. The van der Waals surface area contributed by atoms with Crippen LogP contribution >= 0.6 is 11.8 Å². The first-order valence-electron chi connectivity index (χ1n) is 8.84. The van der Waals surface area contributed by atoms with Gasteiger partial charge in [0.2, 0.25) is 5.91 Å². The Hall–Kier alpha value is -3.20. The fourth-order valence-electron chi connectivity index (χ4n) is 2.85. The van der Waals surface area contributed by atoms with Gasteiger partial charge >= 0.3 is 5.69 Å². The van der Waals surface area contributed by atoms with Crippen molar-refractivity contribution in [3.8, 4) is 5.75 Å². The maximum absolute atomic E-state index is 12.5. The van der Waals surface area contributed by atoms with Crippen molar-refractivity contribution in [3.63, 3.8) is 0 Å². The van der Waals surface area contributed by atoms with Gasteiger partial charge in [0.15, 0.2) is 5.16 Å². The number of amides is 1. The molecule has 0 saturated carbocycles. The normalized spacial score (nSPS) is 12.4. The van der Waals surface area contributed by atoms with Crippen LogP contribution in [-0.4, -0.2) is 37.7 Å². The molecule has 4 N–H and O–H groups in total. The van der Waals surface area contributed by atoms with Crippen LogP contribution in [0.4, 0.5) is 5.69 Å². The molecule has 2 aromatic heterocycles. The molecule has 0 radical (unpaired) electrons. The van der Waals surface area contributed by atoms with Gasteiger partial charge in [-0.2, -0.15) is 0 Å². The molecular formula is C19H19N5O3S. The Labute approximate surface area is 164 Å². The van der Waals surface area contributed by atoms with Crippen LogP contribution in [0.2, 0.25) is 0 Å². The highest BCUT2D eigenvalue weighted by atomic mass is 32.2. The molecule has 8 nitrogen and oxygen atoms in total. The summed E-state index contributed by atoms with van der Waals surface area (Å²) in [6.07, 6.45) is 0. The third-order valence-electron chi connectivity index (χ3n) is 4.18. The number of carbonyl (C=O) groups is 1. The minimum absolute atomic E-state index is 0.155. The first kappa shape index (κ1) is 18.2. The second-order valence-corrected chi connectivity index (χ2v) is 7.57. The van der Waals surface area contributed by atoms with Gasteiger partial charge < -0.3 is 25.0 Å². The van der Waals surface area contributed by atoms with E-state index >= 15 is 0 Å². The van der Waals surface area contributed by atoms with E-state index in [0.717, 1.165) is 16.8 Å². The summed E-state index contributed by atoms with van der Waals surface area (Å²) in [5.41, 5.74) is 3.36. The van der Waals surface area contributed by atoms with E-state index in [0.29, 0.717) is 28.5 Å². The Morgan fingerprint density at radius 1 is 1.14 bits per heavy atom. The third kappa shape index (κ3) is 3.74. The fourth-order valence-corrected chi connectivity index (χ4v) is 3.67. The van der Waals surface area contributed by atoms with E-state index < -0.39 is 0 Å². The number of hydrogen-bond acceptors (Lipinski definition) is 5. The Morgan fingerprint density at radius 3 is 2.79 bits per heavy atom. The molecular weight excluding hydrogens is 378 g/mol. The molecule has 0 fully saturated rings. The van der Waals surface area contributed by atoms with E-state index in [9.17, 15) is 9.59 Å². The molecule has 0 aliphatic heterocycles. The van der Waals surface area contributed by atoms with E-state index in [-0.39, 0.29) is 16.8 Å².